The van der Waals surface area contributed by atoms with Gasteiger partial charge in [-0.1, -0.05) is 45.0 Å². The molecule has 0 saturated heterocycles. The average molecular weight is 529 g/mol. The number of hydrogen-bond donors (Lipinski definition) is 2. The fourth-order valence-electron chi connectivity index (χ4n) is 3.80. The molecule has 3 rings (SSSR count). The van der Waals surface area contributed by atoms with Crippen molar-refractivity contribution in [3.05, 3.63) is 83.6 Å². The second kappa shape index (κ2) is 12.1. The van der Waals surface area contributed by atoms with Crippen LogP contribution in [0.15, 0.2) is 66.9 Å². The summed E-state index contributed by atoms with van der Waals surface area (Å²) in [6.45, 7) is 6.35. The number of carbonyl (C=O) groups excluding carboxylic acids is 1. The molecule has 0 aliphatic heterocycles. The summed E-state index contributed by atoms with van der Waals surface area (Å²) in [4.78, 5) is 27.2. The van der Waals surface area contributed by atoms with Gasteiger partial charge < -0.3 is 15.2 Å². The van der Waals surface area contributed by atoms with E-state index in [2.05, 4.69) is 31.1 Å². The molecule has 0 fully saturated rings. The zero-order chi connectivity index (χ0) is 27.9. The quantitative estimate of drug-likeness (QED) is 0.298. The lowest BCUT2D eigenvalue weighted by molar-refractivity contribution is -0.137. The molecule has 9 heteroatoms. The van der Waals surface area contributed by atoms with Gasteiger partial charge in [-0.2, -0.15) is 13.2 Å². The summed E-state index contributed by atoms with van der Waals surface area (Å²) in [5, 5.41) is 11.3. The van der Waals surface area contributed by atoms with Gasteiger partial charge in [0.25, 0.3) is 5.91 Å². The zero-order valence-corrected chi connectivity index (χ0v) is 21.5. The summed E-state index contributed by atoms with van der Waals surface area (Å²) >= 11 is 0. The summed E-state index contributed by atoms with van der Waals surface area (Å²) in [7, 11) is 0. The second-order valence-electron chi connectivity index (χ2n) is 10.1. The highest BCUT2D eigenvalue weighted by atomic mass is 19.4. The molecular formula is C29H31F3N2O4. The Kier molecular flexibility index (Phi) is 9.14. The maximum absolute atomic E-state index is 13.5. The second-order valence-corrected chi connectivity index (χ2v) is 10.1. The normalized spacial score (nSPS) is 12.6. The monoisotopic (exact) mass is 528 g/mol. The maximum atomic E-state index is 13.5. The molecule has 0 aliphatic carbocycles. The fraction of sp³-hybridized carbons (Fsp3) is 0.345. The number of carboxylic acid groups (broad SMARTS) is 1. The summed E-state index contributed by atoms with van der Waals surface area (Å²) in [6.07, 6.45) is -2.07. The third-order valence-corrected chi connectivity index (χ3v) is 5.84. The van der Waals surface area contributed by atoms with Gasteiger partial charge in [-0.05, 0) is 54.7 Å². The first-order chi connectivity index (χ1) is 17.8. The number of ether oxygens (including phenoxy) is 1. The predicted molar refractivity (Wildman–Crippen MR) is 138 cm³/mol. The molecule has 1 heterocycles. The van der Waals surface area contributed by atoms with Gasteiger partial charge in [0.15, 0.2) is 0 Å². The third-order valence-electron chi connectivity index (χ3n) is 5.84. The number of nitrogens with one attached hydrogen (secondary N) is 1. The van der Waals surface area contributed by atoms with Crippen LogP contribution in [0.3, 0.4) is 0 Å². The molecule has 1 aromatic heterocycles. The number of alkyl halides is 3. The molecule has 0 radical (unpaired) electrons. The predicted octanol–water partition coefficient (Wildman–Crippen LogP) is 6.92. The van der Waals surface area contributed by atoms with Gasteiger partial charge in [-0.3, -0.25) is 14.6 Å². The van der Waals surface area contributed by atoms with E-state index in [-0.39, 0.29) is 35.5 Å². The lowest BCUT2D eigenvalue weighted by atomic mass is 9.88. The Morgan fingerprint density at radius 3 is 2.26 bits per heavy atom. The molecular weight excluding hydrogens is 497 g/mol. The Balaban J connectivity index is 1.79. The zero-order valence-electron chi connectivity index (χ0n) is 21.5. The number of rotatable bonds is 10. The van der Waals surface area contributed by atoms with Crippen molar-refractivity contribution in [1.82, 2.24) is 10.3 Å². The van der Waals surface area contributed by atoms with Crippen LogP contribution in [0.5, 0.6) is 5.75 Å². The van der Waals surface area contributed by atoms with Crippen molar-refractivity contribution in [2.24, 2.45) is 5.41 Å². The smallest absolute Gasteiger partial charge is 0.417 e. The number of hydrogen-bond acceptors (Lipinski definition) is 4. The lowest BCUT2D eigenvalue weighted by Crippen LogP contribution is -2.25. The molecule has 6 nitrogen and oxygen atoms in total. The highest BCUT2D eigenvalue weighted by Gasteiger charge is 2.33. The number of carbonyl (C=O) groups is 2. The molecule has 3 aromatic rings. The van der Waals surface area contributed by atoms with E-state index >= 15 is 0 Å². The van der Waals surface area contributed by atoms with Crippen molar-refractivity contribution in [3.63, 3.8) is 0 Å². The van der Waals surface area contributed by atoms with Crippen molar-refractivity contribution < 1.29 is 32.6 Å². The summed E-state index contributed by atoms with van der Waals surface area (Å²) in [5.74, 6) is -0.874. The number of nitrogens with zero attached hydrogens (tertiary/aromatic N) is 1. The number of benzene rings is 2. The van der Waals surface area contributed by atoms with Crippen molar-refractivity contribution >= 4 is 11.9 Å². The Bertz CT molecular complexity index is 1230. The number of aliphatic carboxylic acids is 1. The van der Waals surface area contributed by atoms with Crippen LogP contribution in [0.4, 0.5) is 13.2 Å². The van der Waals surface area contributed by atoms with Crippen LogP contribution in [-0.4, -0.2) is 28.5 Å². The van der Waals surface area contributed by atoms with E-state index in [1.165, 1.54) is 12.1 Å². The van der Waals surface area contributed by atoms with Crippen molar-refractivity contribution in [3.8, 4) is 17.0 Å². The molecule has 1 atom stereocenters. The number of halogens is 3. The molecule has 1 amide bonds. The van der Waals surface area contributed by atoms with Crippen LogP contribution in [0, 0.1) is 5.41 Å². The van der Waals surface area contributed by atoms with Gasteiger partial charge in [0.1, 0.15) is 11.9 Å². The van der Waals surface area contributed by atoms with Gasteiger partial charge in [-0.15, -0.1) is 0 Å². The summed E-state index contributed by atoms with van der Waals surface area (Å²) < 4.78 is 46.7. The van der Waals surface area contributed by atoms with E-state index in [4.69, 9.17) is 9.84 Å². The molecule has 0 unspecified atom stereocenters. The SMILES string of the molecule is CC(C)(C)CC[C@@H](Oc1ccc(C(=O)NCCC(=O)O)cc1)c1ccc(-c2ccccc2C(F)(F)F)nc1. The fourth-order valence-corrected chi connectivity index (χ4v) is 3.80. The van der Waals surface area contributed by atoms with Crippen molar-refractivity contribution in [2.45, 2.75) is 52.3 Å². The maximum Gasteiger partial charge on any atom is 0.417 e. The van der Waals surface area contributed by atoms with Gasteiger partial charge in [0.05, 0.1) is 17.7 Å². The van der Waals surface area contributed by atoms with E-state index in [0.717, 1.165) is 18.1 Å². The molecule has 2 aromatic carbocycles. The van der Waals surface area contributed by atoms with Crippen LogP contribution in [0.2, 0.25) is 0 Å². The van der Waals surface area contributed by atoms with E-state index in [1.54, 1.807) is 48.7 Å². The number of amides is 1. The molecule has 0 saturated carbocycles. The van der Waals surface area contributed by atoms with Gasteiger partial charge in [-0.25, -0.2) is 0 Å². The van der Waals surface area contributed by atoms with Gasteiger partial charge in [0.2, 0.25) is 0 Å². The van der Waals surface area contributed by atoms with Crippen LogP contribution < -0.4 is 10.1 Å². The molecule has 0 spiro atoms. The first kappa shape index (κ1) is 28.7. The Morgan fingerprint density at radius 2 is 1.68 bits per heavy atom. The number of pyridine rings is 1. The van der Waals surface area contributed by atoms with Gasteiger partial charge >= 0.3 is 12.1 Å². The van der Waals surface area contributed by atoms with Gasteiger partial charge in [0, 0.05) is 29.4 Å². The minimum atomic E-state index is -4.49. The average Bonchev–Trinajstić information content (AvgIpc) is 2.86. The van der Waals surface area contributed by atoms with Crippen LogP contribution in [-0.2, 0) is 11.0 Å². The summed E-state index contributed by atoms with van der Waals surface area (Å²) in [6, 6.07) is 15.1. The van der Waals surface area contributed by atoms with Crippen molar-refractivity contribution in [2.75, 3.05) is 6.54 Å². The Labute approximate surface area is 219 Å². The van der Waals surface area contributed by atoms with E-state index in [1.807, 2.05) is 0 Å². The highest BCUT2D eigenvalue weighted by Crippen LogP contribution is 2.37. The van der Waals surface area contributed by atoms with E-state index in [0.29, 0.717) is 17.7 Å². The molecule has 202 valence electrons. The minimum Gasteiger partial charge on any atom is -0.486 e. The number of aromatic nitrogens is 1. The first-order valence-corrected chi connectivity index (χ1v) is 12.2. The molecule has 0 aliphatic rings. The van der Waals surface area contributed by atoms with Crippen molar-refractivity contribution in [1.29, 1.82) is 0 Å². The summed E-state index contributed by atoms with van der Waals surface area (Å²) in [5.41, 5.74) is 0.595. The van der Waals surface area contributed by atoms with E-state index < -0.39 is 23.8 Å². The molecule has 2 N–H and O–H groups in total. The Morgan fingerprint density at radius 1 is 1.00 bits per heavy atom. The topological polar surface area (TPSA) is 88.5 Å². The van der Waals surface area contributed by atoms with Crippen LogP contribution in [0.25, 0.3) is 11.3 Å². The third kappa shape index (κ3) is 8.33. The lowest BCUT2D eigenvalue weighted by Gasteiger charge is -2.24. The number of carboxylic acids is 1. The van der Waals surface area contributed by atoms with Crippen LogP contribution in [0.1, 0.15) is 67.6 Å². The molecule has 38 heavy (non-hydrogen) atoms. The molecule has 0 bridgehead atoms. The van der Waals surface area contributed by atoms with E-state index in [9.17, 15) is 22.8 Å². The first-order valence-electron chi connectivity index (χ1n) is 12.2. The largest absolute Gasteiger partial charge is 0.486 e. The Hall–Kier alpha value is -3.88. The van der Waals surface area contributed by atoms with Crippen LogP contribution >= 0.6 is 0 Å². The highest BCUT2D eigenvalue weighted by molar-refractivity contribution is 5.94. The minimum absolute atomic E-state index is 0.0101. The standard InChI is InChI=1S/C29H31F3N2O4/c1-28(2,3)16-14-25(38-21-11-8-19(9-12-21)27(37)33-17-15-26(35)36)20-10-13-24(34-18-20)22-6-4-5-7-23(22)29(30,31)32/h4-13,18,25H,14-17H2,1-3H3,(H,33,37)(H,35,36)/t25-/m1/s1.